The normalized spacial score (nSPS) is 19.7. The monoisotopic (exact) mass is 318 g/mol. The molecule has 1 fully saturated rings. The Labute approximate surface area is 121 Å². The lowest BCUT2D eigenvalue weighted by Gasteiger charge is -2.36. The zero-order valence-corrected chi connectivity index (χ0v) is 12.2. The van der Waals surface area contributed by atoms with Crippen molar-refractivity contribution in [2.24, 2.45) is 0 Å². The molecule has 1 amide bonds. The third-order valence-electron chi connectivity index (χ3n) is 3.45. The summed E-state index contributed by atoms with van der Waals surface area (Å²) in [6.07, 6.45) is 0.600. The number of hydrogen-bond donors (Lipinski definition) is 1. The van der Waals surface area contributed by atoms with E-state index in [1.165, 1.54) is 12.1 Å². The molecule has 1 atom stereocenters. The van der Waals surface area contributed by atoms with Crippen LogP contribution in [0.3, 0.4) is 0 Å². The van der Waals surface area contributed by atoms with Crippen molar-refractivity contribution in [3.63, 3.8) is 0 Å². The minimum absolute atomic E-state index is 0.0898. The van der Waals surface area contributed by atoms with Gasteiger partial charge in [0, 0.05) is 18.8 Å². The number of nitrogens with zero attached hydrogens (tertiary/aromatic N) is 1. The lowest BCUT2D eigenvalue weighted by molar-refractivity contribution is -0.123. The lowest BCUT2D eigenvalue weighted by atomic mass is 10.1. The number of piperazine rings is 1. The molecule has 8 heteroatoms. The SMILES string of the molecule is CCC1C(=O)NCCN1c1ccc(S(=O)(=O)C(F)F)cc1. The van der Waals surface area contributed by atoms with Crippen molar-refractivity contribution in [2.75, 3.05) is 18.0 Å². The van der Waals surface area contributed by atoms with E-state index in [1.807, 2.05) is 11.8 Å². The van der Waals surface area contributed by atoms with E-state index >= 15 is 0 Å². The first-order valence-electron chi connectivity index (χ1n) is 6.54. The fourth-order valence-corrected chi connectivity index (χ4v) is 3.08. The predicted molar refractivity (Wildman–Crippen MR) is 74.1 cm³/mol. The van der Waals surface area contributed by atoms with Crippen LogP contribution in [0.5, 0.6) is 0 Å². The summed E-state index contributed by atoms with van der Waals surface area (Å²) in [7, 11) is -4.59. The van der Waals surface area contributed by atoms with Gasteiger partial charge < -0.3 is 10.2 Å². The first-order valence-corrected chi connectivity index (χ1v) is 8.09. The molecular formula is C13H16F2N2O3S. The number of carbonyl (C=O) groups is 1. The minimum Gasteiger partial charge on any atom is -0.358 e. The van der Waals surface area contributed by atoms with E-state index in [1.54, 1.807) is 0 Å². The average molecular weight is 318 g/mol. The Morgan fingerprint density at radius 3 is 2.48 bits per heavy atom. The van der Waals surface area contributed by atoms with E-state index in [9.17, 15) is 22.0 Å². The molecule has 0 aliphatic carbocycles. The van der Waals surface area contributed by atoms with Crippen LogP contribution < -0.4 is 10.2 Å². The number of halogens is 2. The Hall–Kier alpha value is -1.70. The maximum absolute atomic E-state index is 12.5. The molecule has 116 valence electrons. The Kier molecular flexibility index (Phi) is 4.46. The van der Waals surface area contributed by atoms with E-state index in [2.05, 4.69) is 5.32 Å². The van der Waals surface area contributed by atoms with Crippen LogP contribution in [0.25, 0.3) is 0 Å². The van der Waals surface area contributed by atoms with Gasteiger partial charge in [-0.25, -0.2) is 8.42 Å². The van der Waals surface area contributed by atoms with Gasteiger partial charge in [-0.3, -0.25) is 4.79 Å². The molecule has 0 bridgehead atoms. The van der Waals surface area contributed by atoms with Crippen LogP contribution in [0.1, 0.15) is 13.3 Å². The van der Waals surface area contributed by atoms with Gasteiger partial charge in [0.25, 0.3) is 0 Å². The highest BCUT2D eigenvalue weighted by atomic mass is 32.2. The third-order valence-corrected chi connectivity index (χ3v) is 4.85. The standard InChI is InChI=1S/C13H16F2N2O3S/c1-2-11-12(18)16-7-8-17(11)9-3-5-10(6-4-9)21(19,20)13(14)15/h3-6,11,13H,2,7-8H2,1H3,(H,16,18). The van der Waals surface area contributed by atoms with Crippen LogP contribution >= 0.6 is 0 Å². The summed E-state index contributed by atoms with van der Waals surface area (Å²) in [5.74, 6) is -3.53. The first-order chi connectivity index (χ1) is 9.87. The molecule has 2 rings (SSSR count). The average Bonchev–Trinajstić information content (AvgIpc) is 2.47. The first kappa shape index (κ1) is 15.7. The number of amides is 1. The second kappa shape index (κ2) is 5.97. The summed E-state index contributed by atoms with van der Waals surface area (Å²) in [4.78, 5) is 13.2. The van der Waals surface area contributed by atoms with E-state index in [0.29, 0.717) is 25.2 Å². The molecule has 1 unspecified atom stereocenters. The van der Waals surface area contributed by atoms with Crippen molar-refractivity contribution in [1.82, 2.24) is 5.32 Å². The molecule has 5 nitrogen and oxygen atoms in total. The quantitative estimate of drug-likeness (QED) is 0.911. The minimum atomic E-state index is -4.59. The smallest absolute Gasteiger partial charge is 0.341 e. The number of hydrogen-bond acceptors (Lipinski definition) is 4. The molecule has 21 heavy (non-hydrogen) atoms. The lowest BCUT2D eigenvalue weighted by Crippen LogP contribution is -2.55. The van der Waals surface area contributed by atoms with Crippen molar-refractivity contribution in [3.8, 4) is 0 Å². The number of sulfone groups is 1. The largest absolute Gasteiger partial charge is 0.358 e. The second-order valence-electron chi connectivity index (χ2n) is 4.71. The number of benzene rings is 1. The molecule has 1 heterocycles. The van der Waals surface area contributed by atoms with Crippen molar-refractivity contribution in [3.05, 3.63) is 24.3 Å². The van der Waals surface area contributed by atoms with E-state index in [0.717, 1.165) is 12.1 Å². The molecule has 1 N–H and O–H groups in total. The van der Waals surface area contributed by atoms with Crippen LogP contribution in [0.4, 0.5) is 14.5 Å². The van der Waals surface area contributed by atoms with Crippen LogP contribution in [-0.4, -0.2) is 39.2 Å². The molecule has 0 aromatic heterocycles. The van der Waals surface area contributed by atoms with Gasteiger partial charge in [-0.15, -0.1) is 0 Å². The van der Waals surface area contributed by atoms with Gasteiger partial charge in [0.05, 0.1) is 4.90 Å². The van der Waals surface area contributed by atoms with Crippen LogP contribution in [0, 0.1) is 0 Å². The molecule has 0 saturated carbocycles. The Bertz CT molecular complexity index is 617. The van der Waals surface area contributed by atoms with Gasteiger partial charge in [0.15, 0.2) is 0 Å². The predicted octanol–water partition coefficient (Wildman–Crippen LogP) is 1.40. The third kappa shape index (κ3) is 2.99. The topological polar surface area (TPSA) is 66.5 Å². The van der Waals surface area contributed by atoms with Crippen molar-refractivity contribution in [2.45, 2.75) is 30.0 Å². The van der Waals surface area contributed by atoms with Crippen LogP contribution in [-0.2, 0) is 14.6 Å². The summed E-state index contributed by atoms with van der Waals surface area (Å²) in [5.41, 5.74) is 0.643. The number of anilines is 1. The molecule has 1 aromatic carbocycles. The zero-order valence-electron chi connectivity index (χ0n) is 11.4. The highest BCUT2D eigenvalue weighted by Gasteiger charge is 2.29. The van der Waals surface area contributed by atoms with Gasteiger partial charge in [0.1, 0.15) is 6.04 Å². The zero-order chi connectivity index (χ0) is 15.6. The summed E-state index contributed by atoms with van der Waals surface area (Å²) >= 11 is 0. The Morgan fingerprint density at radius 1 is 1.33 bits per heavy atom. The summed E-state index contributed by atoms with van der Waals surface area (Å²) < 4.78 is 47.7. The maximum Gasteiger partial charge on any atom is 0.341 e. The van der Waals surface area contributed by atoms with E-state index < -0.39 is 20.5 Å². The van der Waals surface area contributed by atoms with Gasteiger partial charge >= 0.3 is 5.76 Å². The molecule has 1 saturated heterocycles. The summed E-state index contributed by atoms with van der Waals surface area (Å²) in [5, 5.41) is 2.76. The maximum atomic E-state index is 12.5. The van der Waals surface area contributed by atoms with Crippen molar-refractivity contribution < 1.29 is 22.0 Å². The summed E-state index contributed by atoms with van der Waals surface area (Å²) in [6, 6.07) is 4.87. The fraction of sp³-hybridized carbons (Fsp3) is 0.462. The van der Waals surface area contributed by atoms with Gasteiger partial charge in [0.2, 0.25) is 15.7 Å². The van der Waals surface area contributed by atoms with Gasteiger partial charge in [-0.1, -0.05) is 6.92 Å². The van der Waals surface area contributed by atoms with Crippen molar-refractivity contribution in [1.29, 1.82) is 0 Å². The van der Waals surface area contributed by atoms with E-state index in [4.69, 9.17) is 0 Å². The summed E-state index contributed by atoms with van der Waals surface area (Å²) in [6.45, 7) is 2.95. The number of rotatable bonds is 4. The highest BCUT2D eigenvalue weighted by molar-refractivity contribution is 7.91. The Balaban J connectivity index is 2.28. The highest BCUT2D eigenvalue weighted by Crippen LogP contribution is 2.24. The molecule has 1 aromatic rings. The molecule has 1 aliphatic heterocycles. The second-order valence-corrected chi connectivity index (χ2v) is 6.63. The Morgan fingerprint density at radius 2 is 1.95 bits per heavy atom. The van der Waals surface area contributed by atoms with Crippen molar-refractivity contribution >= 4 is 21.4 Å². The van der Waals surface area contributed by atoms with Crippen LogP contribution in [0.2, 0.25) is 0 Å². The van der Waals surface area contributed by atoms with Crippen LogP contribution in [0.15, 0.2) is 29.2 Å². The van der Waals surface area contributed by atoms with Gasteiger partial charge in [-0.05, 0) is 30.7 Å². The molecule has 0 radical (unpaired) electrons. The molecule has 0 spiro atoms. The molecular weight excluding hydrogens is 302 g/mol. The fourth-order valence-electron chi connectivity index (χ4n) is 2.36. The number of alkyl halides is 2. The number of nitrogens with one attached hydrogen (secondary N) is 1. The number of carbonyl (C=O) groups excluding carboxylic acids is 1. The molecule has 1 aliphatic rings. The van der Waals surface area contributed by atoms with Gasteiger partial charge in [-0.2, -0.15) is 8.78 Å². The van der Waals surface area contributed by atoms with E-state index in [-0.39, 0.29) is 11.9 Å².